The van der Waals surface area contributed by atoms with E-state index in [-0.39, 0.29) is 12.3 Å². The Morgan fingerprint density at radius 2 is 2.12 bits per heavy atom. The van der Waals surface area contributed by atoms with E-state index in [2.05, 4.69) is 20.7 Å². The fourth-order valence-corrected chi connectivity index (χ4v) is 2.96. The lowest BCUT2D eigenvalue weighted by molar-refractivity contribution is -0.115. The van der Waals surface area contributed by atoms with E-state index >= 15 is 0 Å². The summed E-state index contributed by atoms with van der Waals surface area (Å²) in [6.45, 7) is 1.97. The normalized spacial score (nSPS) is 15.2. The molecule has 1 aromatic carbocycles. The molecule has 0 spiro atoms. The molecule has 0 bridgehead atoms. The Morgan fingerprint density at radius 1 is 1.38 bits per heavy atom. The Hall–Kier alpha value is -2.41. The van der Waals surface area contributed by atoms with E-state index in [4.69, 9.17) is 4.74 Å². The first-order chi connectivity index (χ1) is 11.7. The summed E-state index contributed by atoms with van der Waals surface area (Å²) in [4.78, 5) is 16.8. The van der Waals surface area contributed by atoms with Gasteiger partial charge in [0.25, 0.3) is 0 Å². The molecular formula is C17H23N5O2. The monoisotopic (exact) mass is 329 g/mol. The number of piperidine rings is 1. The molecule has 2 aromatic rings. The lowest BCUT2D eigenvalue weighted by Crippen LogP contribution is -2.27. The SMILES string of the molecule is COc1ccccc1CC(=O)Nc1nc(C2CCNCC2)nn1C. The summed E-state index contributed by atoms with van der Waals surface area (Å²) >= 11 is 0. The van der Waals surface area contributed by atoms with Crippen LogP contribution in [0.1, 0.15) is 30.1 Å². The van der Waals surface area contributed by atoms with Crippen LogP contribution in [-0.2, 0) is 18.3 Å². The molecule has 1 aliphatic rings. The van der Waals surface area contributed by atoms with Gasteiger partial charge in [-0.3, -0.25) is 10.1 Å². The van der Waals surface area contributed by atoms with Crippen molar-refractivity contribution >= 4 is 11.9 Å². The molecule has 128 valence electrons. The molecule has 2 heterocycles. The van der Waals surface area contributed by atoms with Gasteiger partial charge in [-0.15, -0.1) is 0 Å². The number of ether oxygens (including phenoxy) is 1. The lowest BCUT2D eigenvalue weighted by atomic mass is 9.98. The highest BCUT2D eigenvalue weighted by Crippen LogP contribution is 2.23. The van der Waals surface area contributed by atoms with Crippen molar-refractivity contribution in [2.24, 2.45) is 7.05 Å². The predicted molar refractivity (Wildman–Crippen MR) is 91.2 cm³/mol. The van der Waals surface area contributed by atoms with Gasteiger partial charge in [-0.05, 0) is 32.0 Å². The molecule has 1 fully saturated rings. The first kappa shape index (κ1) is 16.4. The average molecular weight is 329 g/mol. The van der Waals surface area contributed by atoms with Crippen molar-refractivity contribution in [3.05, 3.63) is 35.7 Å². The molecular weight excluding hydrogens is 306 g/mol. The second-order valence-electron chi connectivity index (χ2n) is 5.98. The second-order valence-corrected chi connectivity index (χ2v) is 5.98. The van der Waals surface area contributed by atoms with Gasteiger partial charge < -0.3 is 10.1 Å². The first-order valence-electron chi connectivity index (χ1n) is 8.20. The molecule has 1 aliphatic heterocycles. The van der Waals surface area contributed by atoms with Gasteiger partial charge in [0, 0.05) is 18.5 Å². The van der Waals surface area contributed by atoms with Crippen LogP contribution in [0, 0.1) is 0 Å². The molecule has 0 aliphatic carbocycles. The van der Waals surface area contributed by atoms with Crippen LogP contribution in [-0.4, -0.2) is 40.9 Å². The van der Waals surface area contributed by atoms with Gasteiger partial charge in [0.05, 0.1) is 13.5 Å². The maximum Gasteiger partial charge on any atom is 0.231 e. The summed E-state index contributed by atoms with van der Waals surface area (Å²) in [6.07, 6.45) is 2.29. The Morgan fingerprint density at radius 3 is 2.88 bits per heavy atom. The molecule has 3 rings (SSSR count). The summed E-state index contributed by atoms with van der Waals surface area (Å²) in [5.74, 6) is 2.24. The van der Waals surface area contributed by atoms with Gasteiger partial charge in [0.2, 0.25) is 11.9 Å². The smallest absolute Gasteiger partial charge is 0.231 e. The number of hydrogen-bond acceptors (Lipinski definition) is 5. The van der Waals surface area contributed by atoms with Gasteiger partial charge in [0.1, 0.15) is 5.75 Å². The number of hydrogen-bond donors (Lipinski definition) is 2. The molecule has 0 saturated carbocycles. The molecule has 24 heavy (non-hydrogen) atoms. The first-order valence-corrected chi connectivity index (χ1v) is 8.20. The van der Waals surface area contributed by atoms with E-state index in [0.29, 0.717) is 17.6 Å². The van der Waals surface area contributed by atoms with Crippen molar-refractivity contribution < 1.29 is 9.53 Å². The third kappa shape index (κ3) is 3.73. The molecule has 1 amide bonds. The molecule has 0 radical (unpaired) electrons. The topological polar surface area (TPSA) is 81.1 Å². The third-order valence-corrected chi connectivity index (χ3v) is 4.28. The van der Waals surface area contributed by atoms with Crippen molar-refractivity contribution in [2.45, 2.75) is 25.2 Å². The predicted octanol–water partition coefficient (Wildman–Crippen LogP) is 1.47. The second kappa shape index (κ2) is 7.44. The number of aryl methyl sites for hydroxylation is 1. The molecule has 1 aromatic heterocycles. The number of nitrogens with zero attached hydrogens (tertiary/aromatic N) is 3. The standard InChI is InChI=1S/C17H23N5O2/c1-22-17(20-16(21-22)12-7-9-18-10-8-12)19-15(23)11-13-5-3-4-6-14(13)24-2/h3-6,12,18H,7-11H2,1-2H3,(H,19,20,21,23). The zero-order chi connectivity index (χ0) is 16.9. The highest BCUT2D eigenvalue weighted by molar-refractivity contribution is 5.91. The summed E-state index contributed by atoms with van der Waals surface area (Å²) in [7, 11) is 3.40. The van der Waals surface area contributed by atoms with Crippen LogP contribution in [0.4, 0.5) is 5.95 Å². The van der Waals surface area contributed by atoms with Crippen LogP contribution < -0.4 is 15.4 Å². The number of benzene rings is 1. The molecule has 0 atom stereocenters. The van der Waals surface area contributed by atoms with Crippen LogP contribution in [0.2, 0.25) is 0 Å². The molecule has 7 nitrogen and oxygen atoms in total. The summed E-state index contributed by atoms with van der Waals surface area (Å²) < 4.78 is 6.92. The number of anilines is 1. The van der Waals surface area contributed by atoms with E-state index in [9.17, 15) is 4.79 Å². The largest absolute Gasteiger partial charge is 0.496 e. The minimum atomic E-state index is -0.133. The van der Waals surface area contributed by atoms with E-state index in [0.717, 1.165) is 37.3 Å². The maximum absolute atomic E-state index is 12.3. The molecule has 0 unspecified atom stereocenters. The van der Waals surface area contributed by atoms with E-state index in [1.54, 1.807) is 18.8 Å². The van der Waals surface area contributed by atoms with Crippen LogP contribution in [0.15, 0.2) is 24.3 Å². The zero-order valence-corrected chi connectivity index (χ0v) is 14.1. The van der Waals surface area contributed by atoms with E-state index < -0.39 is 0 Å². The van der Waals surface area contributed by atoms with Crippen molar-refractivity contribution in [1.29, 1.82) is 0 Å². The van der Waals surface area contributed by atoms with E-state index in [1.165, 1.54) is 0 Å². The van der Waals surface area contributed by atoms with Gasteiger partial charge in [0.15, 0.2) is 5.82 Å². The Balaban J connectivity index is 1.67. The van der Waals surface area contributed by atoms with Crippen molar-refractivity contribution in [3.8, 4) is 5.75 Å². The average Bonchev–Trinajstić information content (AvgIpc) is 2.97. The van der Waals surface area contributed by atoms with Gasteiger partial charge in [-0.1, -0.05) is 18.2 Å². The number of amides is 1. The number of aromatic nitrogens is 3. The van der Waals surface area contributed by atoms with Crippen LogP contribution in [0.25, 0.3) is 0 Å². The molecule has 7 heteroatoms. The molecule has 1 saturated heterocycles. The maximum atomic E-state index is 12.3. The molecule has 2 N–H and O–H groups in total. The van der Waals surface area contributed by atoms with Gasteiger partial charge in [-0.2, -0.15) is 10.1 Å². The van der Waals surface area contributed by atoms with Crippen LogP contribution in [0.3, 0.4) is 0 Å². The van der Waals surface area contributed by atoms with Crippen LogP contribution >= 0.6 is 0 Å². The number of methoxy groups -OCH3 is 1. The minimum absolute atomic E-state index is 0.133. The highest BCUT2D eigenvalue weighted by atomic mass is 16.5. The quantitative estimate of drug-likeness (QED) is 0.868. The van der Waals surface area contributed by atoms with Gasteiger partial charge in [-0.25, -0.2) is 4.68 Å². The van der Waals surface area contributed by atoms with Gasteiger partial charge >= 0.3 is 0 Å². The summed E-state index contributed by atoms with van der Waals surface area (Å²) in [5, 5.41) is 10.6. The lowest BCUT2D eigenvalue weighted by Gasteiger charge is -2.19. The number of carbonyl (C=O) groups is 1. The minimum Gasteiger partial charge on any atom is -0.496 e. The number of para-hydroxylation sites is 1. The van der Waals surface area contributed by atoms with Crippen molar-refractivity contribution in [2.75, 3.05) is 25.5 Å². The Labute approximate surface area is 141 Å². The summed E-state index contributed by atoms with van der Waals surface area (Å²) in [5.41, 5.74) is 0.846. The van der Waals surface area contributed by atoms with Crippen molar-refractivity contribution in [3.63, 3.8) is 0 Å². The Kier molecular flexibility index (Phi) is 5.10. The Bertz CT molecular complexity index is 707. The van der Waals surface area contributed by atoms with Crippen molar-refractivity contribution in [1.82, 2.24) is 20.1 Å². The van der Waals surface area contributed by atoms with E-state index in [1.807, 2.05) is 24.3 Å². The zero-order valence-electron chi connectivity index (χ0n) is 14.1. The number of nitrogens with one attached hydrogen (secondary N) is 2. The number of carbonyl (C=O) groups excluding carboxylic acids is 1. The third-order valence-electron chi connectivity index (χ3n) is 4.28. The fourth-order valence-electron chi connectivity index (χ4n) is 2.96. The number of rotatable bonds is 5. The fraction of sp³-hybridized carbons (Fsp3) is 0.471. The highest BCUT2D eigenvalue weighted by Gasteiger charge is 2.21. The summed E-state index contributed by atoms with van der Waals surface area (Å²) in [6, 6.07) is 7.51. The van der Waals surface area contributed by atoms with Crippen LogP contribution in [0.5, 0.6) is 5.75 Å².